The van der Waals surface area contributed by atoms with Gasteiger partial charge in [-0.25, -0.2) is 14.4 Å². The molecular weight excluding hydrogens is 397 g/mol. The minimum atomic E-state index is -1.33. The van der Waals surface area contributed by atoms with Gasteiger partial charge in [0.05, 0.1) is 17.8 Å². The number of anilines is 1. The number of nitrogens with zero attached hydrogens (tertiary/aromatic N) is 2. The van der Waals surface area contributed by atoms with Gasteiger partial charge in [-0.05, 0) is 63.3 Å². The fourth-order valence-corrected chi connectivity index (χ4v) is 4.38. The van der Waals surface area contributed by atoms with Gasteiger partial charge in [0, 0.05) is 37.0 Å². The first-order chi connectivity index (χ1) is 14.8. The number of alkyl halides is 1. The largest absolute Gasteiger partial charge is 0.383 e. The number of fused-ring (bicyclic) bond motifs is 1. The number of carbonyl (C=O) groups excluding carboxylic acids is 1. The summed E-state index contributed by atoms with van der Waals surface area (Å²) >= 11 is 0. The summed E-state index contributed by atoms with van der Waals surface area (Å²) in [5.74, 6) is -0.841. The third-order valence-corrected chi connectivity index (χ3v) is 6.17. The van der Waals surface area contributed by atoms with Crippen molar-refractivity contribution < 1.29 is 13.9 Å². The van der Waals surface area contributed by atoms with Gasteiger partial charge in [0.25, 0.3) is 5.91 Å². The fraction of sp³-hybridized carbons (Fsp3) is 0.522. The van der Waals surface area contributed by atoms with Gasteiger partial charge in [-0.15, -0.1) is 0 Å². The van der Waals surface area contributed by atoms with Crippen molar-refractivity contribution in [3.8, 4) is 11.3 Å². The van der Waals surface area contributed by atoms with Crippen LogP contribution in [0, 0.1) is 0 Å². The molecule has 1 aromatic carbocycles. The lowest BCUT2D eigenvalue weighted by Crippen LogP contribution is -2.47. The van der Waals surface area contributed by atoms with Crippen LogP contribution in [-0.4, -0.2) is 48.0 Å². The Balaban J connectivity index is 1.43. The molecule has 0 bridgehead atoms. The van der Waals surface area contributed by atoms with Gasteiger partial charge in [0.15, 0.2) is 5.79 Å². The summed E-state index contributed by atoms with van der Waals surface area (Å²) in [4.78, 5) is 21.2. The lowest BCUT2D eigenvalue weighted by atomic mass is 9.89. The predicted octanol–water partition coefficient (Wildman–Crippen LogP) is 3.38. The minimum absolute atomic E-state index is 0.0467. The van der Waals surface area contributed by atoms with Crippen molar-refractivity contribution in [2.75, 3.05) is 25.6 Å². The van der Waals surface area contributed by atoms with Gasteiger partial charge in [-0.1, -0.05) is 6.07 Å². The lowest BCUT2D eigenvalue weighted by Gasteiger charge is -2.35. The number of nitrogens with one attached hydrogen (secondary N) is 3. The standard InChI is InChI=1S/C23H30FN5O2/c1-22(2)18-14-15(4-5-17(18)20(30)29-22)19-8-11-25-21(28-19)27-16-6-9-23(24,10-7-16)26-12-13-31-3/h4-5,8,11,14,16,26H,6-7,9-10,12-13H2,1-3H3,(H,29,30)(H,25,27,28). The Hall–Kier alpha value is -2.58. The predicted molar refractivity (Wildman–Crippen MR) is 118 cm³/mol. The van der Waals surface area contributed by atoms with Crippen molar-refractivity contribution in [3.05, 3.63) is 41.6 Å². The summed E-state index contributed by atoms with van der Waals surface area (Å²) in [6.45, 7) is 4.99. The highest BCUT2D eigenvalue weighted by molar-refractivity contribution is 6.00. The molecule has 0 saturated heterocycles. The second-order valence-electron chi connectivity index (χ2n) is 8.91. The fourth-order valence-electron chi connectivity index (χ4n) is 4.38. The summed E-state index contributed by atoms with van der Waals surface area (Å²) in [5, 5.41) is 9.33. The first-order valence-electron chi connectivity index (χ1n) is 10.8. The molecule has 2 aromatic rings. The van der Waals surface area contributed by atoms with E-state index < -0.39 is 11.3 Å². The molecule has 3 N–H and O–H groups in total. The highest BCUT2D eigenvalue weighted by Gasteiger charge is 2.36. The molecule has 0 spiro atoms. The van der Waals surface area contributed by atoms with E-state index in [0.717, 1.165) is 16.8 Å². The zero-order chi connectivity index (χ0) is 22.1. The van der Waals surface area contributed by atoms with E-state index in [1.165, 1.54) is 0 Å². The van der Waals surface area contributed by atoms with Crippen LogP contribution >= 0.6 is 0 Å². The molecule has 1 aliphatic carbocycles. The average molecular weight is 428 g/mol. The van der Waals surface area contributed by atoms with E-state index in [0.29, 0.717) is 50.3 Å². The Bertz CT molecular complexity index is 957. The number of hydrogen-bond donors (Lipinski definition) is 3. The number of methoxy groups -OCH3 is 1. The Morgan fingerprint density at radius 2 is 2.03 bits per heavy atom. The van der Waals surface area contributed by atoms with E-state index in [2.05, 4.69) is 25.9 Å². The first kappa shape index (κ1) is 21.6. The Labute approximate surface area is 182 Å². The summed E-state index contributed by atoms with van der Waals surface area (Å²) < 4.78 is 19.8. The third kappa shape index (κ3) is 4.70. The van der Waals surface area contributed by atoms with E-state index in [4.69, 9.17) is 4.74 Å². The molecule has 0 unspecified atom stereocenters. The summed E-state index contributed by atoms with van der Waals surface area (Å²) in [7, 11) is 1.61. The maximum absolute atomic E-state index is 14.8. The summed E-state index contributed by atoms with van der Waals surface area (Å²) in [6.07, 6.45) is 4.00. The molecule has 7 nitrogen and oxygen atoms in total. The SMILES string of the molecule is COCCNC1(F)CCC(Nc2nccc(-c3ccc4c(c3)C(C)(C)NC4=O)n2)CC1. The maximum Gasteiger partial charge on any atom is 0.252 e. The molecule has 1 fully saturated rings. The van der Waals surface area contributed by atoms with Crippen LogP contribution in [-0.2, 0) is 10.3 Å². The van der Waals surface area contributed by atoms with Crippen LogP contribution in [0.4, 0.5) is 10.3 Å². The summed E-state index contributed by atoms with van der Waals surface area (Å²) in [6, 6.07) is 7.77. The van der Waals surface area contributed by atoms with Crippen LogP contribution in [0.2, 0.25) is 0 Å². The molecule has 8 heteroatoms. The number of amides is 1. The highest BCUT2D eigenvalue weighted by Crippen LogP contribution is 2.34. The van der Waals surface area contributed by atoms with E-state index in [1.807, 2.05) is 38.1 Å². The number of ether oxygens (including phenoxy) is 1. The molecule has 1 aliphatic heterocycles. The van der Waals surface area contributed by atoms with Crippen molar-refractivity contribution >= 4 is 11.9 Å². The summed E-state index contributed by atoms with van der Waals surface area (Å²) in [5.41, 5.74) is 2.98. The second kappa shape index (κ2) is 8.51. The number of rotatable bonds is 7. The monoisotopic (exact) mass is 427 g/mol. The van der Waals surface area contributed by atoms with Crippen molar-refractivity contribution in [2.24, 2.45) is 0 Å². The Kier molecular flexibility index (Phi) is 5.94. The van der Waals surface area contributed by atoms with Crippen molar-refractivity contribution in [1.82, 2.24) is 20.6 Å². The smallest absolute Gasteiger partial charge is 0.252 e. The topological polar surface area (TPSA) is 88.2 Å². The van der Waals surface area contributed by atoms with Gasteiger partial charge in [0.2, 0.25) is 5.95 Å². The normalized spacial score (nSPS) is 24.5. The Morgan fingerprint density at radius 3 is 2.77 bits per heavy atom. The average Bonchev–Trinajstić information content (AvgIpc) is 2.98. The second-order valence-corrected chi connectivity index (χ2v) is 8.91. The van der Waals surface area contributed by atoms with Crippen LogP contribution in [0.15, 0.2) is 30.5 Å². The first-order valence-corrected chi connectivity index (χ1v) is 10.8. The minimum Gasteiger partial charge on any atom is -0.383 e. The molecule has 1 amide bonds. The van der Waals surface area contributed by atoms with Gasteiger partial charge in [-0.3, -0.25) is 10.1 Å². The molecular formula is C23H30FN5O2. The molecule has 0 radical (unpaired) electrons. The zero-order valence-electron chi connectivity index (χ0n) is 18.3. The Morgan fingerprint density at radius 1 is 1.26 bits per heavy atom. The van der Waals surface area contributed by atoms with Crippen molar-refractivity contribution in [3.63, 3.8) is 0 Å². The number of hydrogen-bond acceptors (Lipinski definition) is 6. The molecule has 166 valence electrons. The zero-order valence-corrected chi connectivity index (χ0v) is 18.3. The van der Waals surface area contributed by atoms with Crippen LogP contribution < -0.4 is 16.0 Å². The number of benzene rings is 1. The third-order valence-electron chi connectivity index (χ3n) is 6.17. The van der Waals surface area contributed by atoms with Gasteiger partial charge < -0.3 is 15.4 Å². The van der Waals surface area contributed by atoms with Gasteiger partial charge >= 0.3 is 0 Å². The van der Waals surface area contributed by atoms with Crippen LogP contribution in [0.25, 0.3) is 11.3 Å². The maximum atomic E-state index is 14.8. The van der Waals surface area contributed by atoms with E-state index in [-0.39, 0.29) is 11.9 Å². The molecule has 4 rings (SSSR count). The lowest BCUT2D eigenvalue weighted by molar-refractivity contribution is 0.0536. The number of aromatic nitrogens is 2. The van der Waals surface area contributed by atoms with E-state index >= 15 is 0 Å². The quantitative estimate of drug-likeness (QED) is 0.464. The van der Waals surface area contributed by atoms with Crippen molar-refractivity contribution in [2.45, 2.75) is 56.9 Å². The molecule has 2 aliphatic rings. The van der Waals surface area contributed by atoms with Gasteiger partial charge in [0.1, 0.15) is 0 Å². The van der Waals surface area contributed by atoms with E-state index in [1.54, 1.807) is 13.3 Å². The number of halogens is 1. The van der Waals surface area contributed by atoms with Crippen LogP contribution in [0.3, 0.4) is 0 Å². The molecule has 31 heavy (non-hydrogen) atoms. The van der Waals surface area contributed by atoms with Crippen LogP contribution in [0.5, 0.6) is 0 Å². The molecule has 0 atom stereocenters. The highest BCUT2D eigenvalue weighted by atomic mass is 19.1. The molecule has 1 aromatic heterocycles. The number of carbonyl (C=O) groups is 1. The molecule has 2 heterocycles. The van der Waals surface area contributed by atoms with Crippen LogP contribution in [0.1, 0.15) is 55.5 Å². The van der Waals surface area contributed by atoms with Crippen molar-refractivity contribution in [1.29, 1.82) is 0 Å². The molecule has 1 saturated carbocycles. The van der Waals surface area contributed by atoms with Gasteiger partial charge in [-0.2, -0.15) is 0 Å². The van der Waals surface area contributed by atoms with E-state index in [9.17, 15) is 9.18 Å².